The minimum absolute atomic E-state index is 0.236. The van der Waals surface area contributed by atoms with E-state index < -0.39 is 19.8 Å². The Kier molecular flexibility index (Phi) is 5.06. The molecule has 0 fully saturated rings. The van der Waals surface area contributed by atoms with Gasteiger partial charge >= 0.3 is 144 Å². The molecule has 0 saturated heterocycles. The van der Waals surface area contributed by atoms with E-state index >= 15 is 0 Å². The van der Waals surface area contributed by atoms with Gasteiger partial charge in [-0.3, -0.25) is 0 Å². The van der Waals surface area contributed by atoms with Gasteiger partial charge in [0.1, 0.15) is 0 Å². The predicted molar refractivity (Wildman–Crippen MR) is 108 cm³/mol. The third kappa shape index (κ3) is 4.13. The maximum absolute atomic E-state index is 2.45. The summed E-state index contributed by atoms with van der Waals surface area (Å²) in [5, 5.41) is 0. The SMILES string of the molecule is CI(c1ccc(C(C)(C)C)cc1)c1ccc(C(C)(C)C)cc1. The quantitative estimate of drug-likeness (QED) is 0.395. The van der Waals surface area contributed by atoms with Gasteiger partial charge < -0.3 is 0 Å². The monoisotopic (exact) mass is 408 g/mol. The molecule has 0 aliphatic carbocycles. The summed E-state index contributed by atoms with van der Waals surface area (Å²) in [6.07, 6.45) is 0. The fourth-order valence-corrected chi connectivity index (χ4v) is 6.00. The van der Waals surface area contributed by atoms with Crippen molar-refractivity contribution >= 4 is 19.8 Å². The van der Waals surface area contributed by atoms with E-state index in [0.717, 1.165) is 0 Å². The Bertz CT molecular complexity index is 549. The third-order valence-corrected chi connectivity index (χ3v) is 9.25. The fraction of sp³-hybridized carbons (Fsp3) is 0.429. The van der Waals surface area contributed by atoms with Crippen LogP contribution >= 0.6 is 19.8 Å². The van der Waals surface area contributed by atoms with Gasteiger partial charge in [-0.05, 0) is 0 Å². The standard InChI is InChI=1S/C21H29I/c1-20(2,3)16-8-12-18(13-9-16)22(7)19-14-10-17(11-15-19)21(4,5)6/h8-15H,1-7H3. The predicted octanol–water partition coefficient (Wildman–Crippen LogP) is 6.46. The van der Waals surface area contributed by atoms with Crippen molar-refractivity contribution in [3.05, 3.63) is 66.8 Å². The number of alkyl halides is 1. The summed E-state index contributed by atoms with van der Waals surface area (Å²) in [5.41, 5.74) is 3.31. The topological polar surface area (TPSA) is 0 Å². The number of benzene rings is 2. The van der Waals surface area contributed by atoms with Gasteiger partial charge in [0.2, 0.25) is 0 Å². The minimum atomic E-state index is -1.26. The number of rotatable bonds is 2. The first-order valence-electron chi connectivity index (χ1n) is 7.90. The van der Waals surface area contributed by atoms with Gasteiger partial charge in [0.05, 0.1) is 0 Å². The summed E-state index contributed by atoms with van der Waals surface area (Å²) in [4.78, 5) is 2.45. The molecule has 0 spiro atoms. The van der Waals surface area contributed by atoms with Crippen LogP contribution in [0.4, 0.5) is 0 Å². The second-order valence-corrected chi connectivity index (χ2v) is 13.2. The molecular weight excluding hydrogens is 379 g/mol. The Hall–Kier alpha value is -0.830. The summed E-state index contributed by atoms with van der Waals surface area (Å²) >= 11 is -1.26. The zero-order chi connectivity index (χ0) is 16.5. The Morgan fingerprint density at radius 2 is 0.818 bits per heavy atom. The molecule has 1 heteroatoms. The summed E-state index contributed by atoms with van der Waals surface area (Å²) in [7, 11) is 0. The van der Waals surface area contributed by atoms with Crippen LogP contribution in [0.25, 0.3) is 0 Å². The molecule has 0 atom stereocenters. The van der Waals surface area contributed by atoms with Crippen molar-refractivity contribution in [2.45, 2.75) is 52.4 Å². The van der Waals surface area contributed by atoms with Crippen molar-refractivity contribution in [2.24, 2.45) is 0 Å². The molecule has 0 N–H and O–H groups in total. The molecule has 120 valence electrons. The van der Waals surface area contributed by atoms with Crippen LogP contribution in [0, 0.1) is 7.14 Å². The van der Waals surface area contributed by atoms with Crippen molar-refractivity contribution in [1.82, 2.24) is 0 Å². The van der Waals surface area contributed by atoms with Gasteiger partial charge in [0, 0.05) is 0 Å². The Labute approximate surface area is 143 Å². The average Bonchev–Trinajstić information content (AvgIpc) is 2.45. The van der Waals surface area contributed by atoms with Crippen LogP contribution in [0.2, 0.25) is 0 Å². The van der Waals surface area contributed by atoms with Crippen LogP contribution in [0.5, 0.6) is 0 Å². The second kappa shape index (κ2) is 6.35. The van der Waals surface area contributed by atoms with Crippen molar-refractivity contribution in [1.29, 1.82) is 0 Å². The molecule has 0 aliphatic heterocycles. The van der Waals surface area contributed by atoms with Gasteiger partial charge in [-0.25, -0.2) is 0 Å². The molecule has 2 aromatic rings. The Morgan fingerprint density at radius 3 is 1.05 bits per heavy atom. The molecule has 0 saturated carbocycles. The van der Waals surface area contributed by atoms with E-state index in [-0.39, 0.29) is 10.8 Å². The molecule has 0 amide bonds. The van der Waals surface area contributed by atoms with Crippen LogP contribution in [0.1, 0.15) is 52.7 Å². The van der Waals surface area contributed by atoms with Crippen LogP contribution in [0.3, 0.4) is 0 Å². The summed E-state index contributed by atoms with van der Waals surface area (Å²) in [6, 6.07) is 18.7. The van der Waals surface area contributed by atoms with E-state index in [2.05, 4.69) is 95.0 Å². The van der Waals surface area contributed by atoms with E-state index in [1.807, 2.05) is 0 Å². The third-order valence-electron chi connectivity index (χ3n) is 4.08. The van der Waals surface area contributed by atoms with E-state index in [1.165, 1.54) is 11.1 Å². The Morgan fingerprint density at radius 1 is 0.545 bits per heavy atom. The molecule has 0 bridgehead atoms. The number of hydrogen-bond donors (Lipinski definition) is 0. The van der Waals surface area contributed by atoms with E-state index in [1.54, 1.807) is 7.14 Å². The van der Waals surface area contributed by atoms with E-state index in [4.69, 9.17) is 0 Å². The number of hydrogen-bond acceptors (Lipinski definition) is 0. The summed E-state index contributed by atoms with van der Waals surface area (Å²) in [5.74, 6) is 0. The van der Waals surface area contributed by atoms with Gasteiger partial charge in [-0.1, -0.05) is 0 Å². The first-order valence-corrected chi connectivity index (χ1v) is 12.2. The van der Waals surface area contributed by atoms with Gasteiger partial charge in [0.25, 0.3) is 0 Å². The molecule has 0 unspecified atom stereocenters. The molecule has 2 rings (SSSR count). The van der Waals surface area contributed by atoms with Crippen molar-refractivity contribution in [3.63, 3.8) is 0 Å². The fourth-order valence-electron chi connectivity index (χ4n) is 2.40. The van der Waals surface area contributed by atoms with E-state index in [9.17, 15) is 0 Å². The summed E-state index contributed by atoms with van der Waals surface area (Å²) in [6.45, 7) is 13.6. The zero-order valence-electron chi connectivity index (χ0n) is 15.0. The molecule has 0 aromatic heterocycles. The van der Waals surface area contributed by atoms with Gasteiger partial charge in [-0.2, -0.15) is 0 Å². The number of halogens is 1. The first kappa shape index (κ1) is 17.5. The van der Waals surface area contributed by atoms with Crippen LogP contribution in [-0.2, 0) is 10.8 Å². The van der Waals surface area contributed by atoms with Crippen LogP contribution in [-0.4, -0.2) is 4.93 Å². The summed E-state index contributed by atoms with van der Waals surface area (Å²) < 4.78 is 3.08. The molecule has 0 radical (unpaired) electrons. The normalized spacial score (nSPS) is 13.1. The van der Waals surface area contributed by atoms with Crippen LogP contribution in [0.15, 0.2) is 48.5 Å². The maximum atomic E-state index is 2.45. The molecule has 2 aromatic carbocycles. The first-order chi connectivity index (χ1) is 10.1. The molecular formula is C21H29I. The van der Waals surface area contributed by atoms with Crippen molar-refractivity contribution in [2.75, 3.05) is 4.93 Å². The van der Waals surface area contributed by atoms with Gasteiger partial charge in [0.15, 0.2) is 0 Å². The van der Waals surface area contributed by atoms with Crippen molar-refractivity contribution in [3.8, 4) is 0 Å². The zero-order valence-corrected chi connectivity index (χ0v) is 17.2. The Balaban J connectivity index is 2.23. The molecule has 0 aliphatic rings. The molecule has 0 heterocycles. The molecule has 0 nitrogen and oxygen atoms in total. The van der Waals surface area contributed by atoms with Gasteiger partial charge in [-0.15, -0.1) is 0 Å². The van der Waals surface area contributed by atoms with Crippen LogP contribution < -0.4 is 0 Å². The van der Waals surface area contributed by atoms with Crippen molar-refractivity contribution < 1.29 is 0 Å². The second-order valence-electron chi connectivity index (χ2n) is 7.99. The van der Waals surface area contributed by atoms with E-state index in [0.29, 0.717) is 0 Å². The average molecular weight is 408 g/mol. The molecule has 22 heavy (non-hydrogen) atoms.